The zero-order valence-corrected chi connectivity index (χ0v) is 7.71. The van der Waals surface area contributed by atoms with Crippen LogP contribution in [0.5, 0.6) is 0 Å². The molecule has 11 heavy (non-hydrogen) atoms. The monoisotopic (exact) mass is 212 g/mol. The third-order valence-corrected chi connectivity index (χ3v) is 2.99. The van der Waals surface area contributed by atoms with Crippen LogP contribution in [0, 0.1) is 0 Å². The summed E-state index contributed by atoms with van der Waals surface area (Å²) in [6.45, 7) is 0. The van der Waals surface area contributed by atoms with Crippen molar-refractivity contribution in [2.24, 2.45) is 0 Å². The van der Waals surface area contributed by atoms with E-state index < -0.39 is 0 Å². The second kappa shape index (κ2) is 2.89. The highest BCUT2D eigenvalue weighted by Crippen LogP contribution is 2.33. The van der Waals surface area contributed by atoms with Crippen LogP contribution < -0.4 is 0 Å². The van der Waals surface area contributed by atoms with E-state index in [9.17, 15) is 0 Å². The van der Waals surface area contributed by atoms with Crippen molar-refractivity contribution in [1.29, 1.82) is 0 Å². The molecular weight excluding hydrogens is 204 g/mol. The first-order chi connectivity index (χ1) is 5.38. The maximum Gasteiger partial charge on any atom is 0.115 e. The Bertz CT molecular complexity index is 262. The SMILES string of the molecule is Br[C@@H]1CCCc2ncncc21. The maximum atomic E-state index is 4.23. The van der Waals surface area contributed by atoms with E-state index in [2.05, 4.69) is 25.9 Å². The lowest BCUT2D eigenvalue weighted by atomic mass is 9.98. The van der Waals surface area contributed by atoms with Gasteiger partial charge >= 0.3 is 0 Å². The molecule has 0 N–H and O–H groups in total. The Labute approximate surface area is 74.2 Å². The highest BCUT2D eigenvalue weighted by Gasteiger charge is 2.17. The minimum atomic E-state index is 0.479. The molecule has 1 aliphatic carbocycles. The topological polar surface area (TPSA) is 25.8 Å². The van der Waals surface area contributed by atoms with Gasteiger partial charge < -0.3 is 0 Å². The lowest BCUT2D eigenvalue weighted by molar-refractivity contribution is 0.658. The van der Waals surface area contributed by atoms with E-state index in [4.69, 9.17) is 0 Å². The van der Waals surface area contributed by atoms with Crippen LogP contribution in [0.15, 0.2) is 12.5 Å². The number of fused-ring (bicyclic) bond motifs is 1. The van der Waals surface area contributed by atoms with Gasteiger partial charge in [-0.25, -0.2) is 9.97 Å². The summed E-state index contributed by atoms with van der Waals surface area (Å²) in [4.78, 5) is 8.72. The average Bonchev–Trinajstić information content (AvgIpc) is 2.06. The Hall–Kier alpha value is -0.440. The number of hydrogen-bond donors (Lipinski definition) is 0. The molecule has 0 fully saturated rings. The first kappa shape index (κ1) is 7.22. The molecule has 0 radical (unpaired) electrons. The largest absolute Gasteiger partial charge is 0.244 e. The van der Waals surface area contributed by atoms with Crippen LogP contribution in [0.4, 0.5) is 0 Å². The molecule has 2 nitrogen and oxygen atoms in total. The minimum Gasteiger partial charge on any atom is -0.244 e. The van der Waals surface area contributed by atoms with Gasteiger partial charge in [0.15, 0.2) is 0 Å². The summed E-state index contributed by atoms with van der Waals surface area (Å²) < 4.78 is 0. The predicted molar refractivity (Wildman–Crippen MR) is 46.6 cm³/mol. The van der Waals surface area contributed by atoms with Crippen LogP contribution >= 0.6 is 15.9 Å². The van der Waals surface area contributed by atoms with Gasteiger partial charge in [-0.2, -0.15) is 0 Å². The van der Waals surface area contributed by atoms with Crippen LogP contribution in [-0.4, -0.2) is 9.97 Å². The van der Waals surface area contributed by atoms with Gasteiger partial charge in [0, 0.05) is 22.3 Å². The normalized spacial score (nSPS) is 22.8. The molecule has 0 spiro atoms. The van der Waals surface area contributed by atoms with E-state index in [0.717, 1.165) is 6.42 Å². The number of halogens is 1. The first-order valence-corrected chi connectivity index (χ1v) is 4.72. The molecule has 0 aromatic carbocycles. The van der Waals surface area contributed by atoms with Crippen LogP contribution in [0.3, 0.4) is 0 Å². The fraction of sp³-hybridized carbons (Fsp3) is 0.500. The van der Waals surface area contributed by atoms with Crippen molar-refractivity contribution in [3.8, 4) is 0 Å². The number of nitrogens with zero attached hydrogens (tertiary/aromatic N) is 2. The molecule has 1 heterocycles. The molecule has 58 valence electrons. The van der Waals surface area contributed by atoms with E-state index in [0.29, 0.717) is 4.83 Å². The summed E-state index contributed by atoms with van der Waals surface area (Å²) in [5, 5.41) is 0. The summed E-state index contributed by atoms with van der Waals surface area (Å²) in [6.07, 6.45) is 7.10. The molecule has 3 heteroatoms. The van der Waals surface area contributed by atoms with Gasteiger partial charge in [-0.15, -0.1) is 0 Å². The summed E-state index contributed by atoms with van der Waals surface area (Å²) in [5.41, 5.74) is 2.49. The van der Waals surface area contributed by atoms with Crippen molar-refractivity contribution in [3.05, 3.63) is 23.8 Å². The Morgan fingerprint density at radius 1 is 1.55 bits per heavy atom. The van der Waals surface area contributed by atoms with Crippen molar-refractivity contribution < 1.29 is 0 Å². The number of aryl methyl sites for hydroxylation is 1. The number of rotatable bonds is 0. The molecule has 0 amide bonds. The Morgan fingerprint density at radius 3 is 3.27 bits per heavy atom. The van der Waals surface area contributed by atoms with E-state index in [-0.39, 0.29) is 0 Å². The van der Waals surface area contributed by atoms with Gasteiger partial charge in [0.1, 0.15) is 6.33 Å². The van der Waals surface area contributed by atoms with Gasteiger partial charge in [0.25, 0.3) is 0 Å². The fourth-order valence-electron chi connectivity index (χ4n) is 1.44. The first-order valence-electron chi connectivity index (χ1n) is 3.81. The number of hydrogen-bond acceptors (Lipinski definition) is 2. The summed E-state index contributed by atoms with van der Waals surface area (Å²) in [5.74, 6) is 0. The molecule has 0 saturated heterocycles. The van der Waals surface area contributed by atoms with Crippen molar-refractivity contribution in [3.63, 3.8) is 0 Å². The van der Waals surface area contributed by atoms with E-state index >= 15 is 0 Å². The molecule has 0 bridgehead atoms. The molecule has 0 saturated carbocycles. The molecule has 1 aliphatic rings. The predicted octanol–water partition coefficient (Wildman–Crippen LogP) is 2.25. The van der Waals surface area contributed by atoms with Gasteiger partial charge in [-0.1, -0.05) is 15.9 Å². The third-order valence-electron chi connectivity index (χ3n) is 2.04. The van der Waals surface area contributed by atoms with E-state index in [1.807, 2.05) is 6.20 Å². The standard InChI is InChI=1S/C8H9BrN2/c9-7-2-1-3-8-6(7)4-10-5-11-8/h4-5,7H,1-3H2/t7-/m1/s1. The minimum absolute atomic E-state index is 0.479. The third kappa shape index (κ3) is 1.29. The molecule has 2 rings (SSSR count). The zero-order chi connectivity index (χ0) is 7.68. The second-order valence-electron chi connectivity index (χ2n) is 2.78. The van der Waals surface area contributed by atoms with Crippen molar-refractivity contribution in [1.82, 2.24) is 9.97 Å². The van der Waals surface area contributed by atoms with Crippen molar-refractivity contribution in [2.45, 2.75) is 24.1 Å². The average molecular weight is 213 g/mol. The quantitative estimate of drug-likeness (QED) is 0.617. The number of aromatic nitrogens is 2. The fourth-order valence-corrected chi connectivity index (χ4v) is 2.15. The van der Waals surface area contributed by atoms with Gasteiger partial charge in [-0.3, -0.25) is 0 Å². The van der Waals surface area contributed by atoms with Crippen LogP contribution in [0.1, 0.15) is 28.9 Å². The molecule has 1 atom stereocenters. The van der Waals surface area contributed by atoms with E-state index in [1.165, 1.54) is 24.1 Å². The lowest BCUT2D eigenvalue weighted by Crippen LogP contribution is -2.07. The van der Waals surface area contributed by atoms with Gasteiger partial charge in [0.2, 0.25) is 0 Å². The van der Waals surface area contributed by atoms with Crippen LogP contribution in [0.2, 0.25) is 0 Å². The van der Waals surface area contributed by atoms with E-state index in [1.54, 1.807) is 6.33 Å². The zero-order valence-electron chi connectivity index (χ0n) is 6.13. The maximum absolute atomic E-state index is 4.23. The lowest BCUT2D eigenvalue weighted by Gasteiger charge is -2.18. The van der Waals surface area contributed by atoms with Crippen LogP contribution in [-0.2, 0) is 6.42 Å². The smallest absolute Gasteiger partial charge is 0.115 e. The van der Waals surface area contributed by atoms with Gasteiger partial charge in [-0.05, 0) is 19.3 Å². The molecule has 0 unspecified atom stereocenters. The highest BCUT2D eigenvalue weighted by atomic mass is 79.9. The molecule has 1 aromatic heterocycles. The Balaban J connectivity index is 2.44. The summed E-state index contributed by atoms with van der Waals surface area (Å²) in [6, 6.07) is 0. The molecular formula is C8H9BrN2. The molecule has 1 aromatic rings. The summed E-state index contributed by atoms with van der Waals surface area (Å²) >= 11 is 3.61. The van der Waals surface area contributed by atoms with Crippen molar-refractivity contribution >= 4 is 15.9 Å². The second-order valence-corrected chi connectivity index (χ2v) is 3.89. The molecule has 0 aliphatic heterocycles. The highest BCUT2D eigenvalue weighted by molar-refractivity contribution is 9.09. The van der Waals surface area contributed by atoms with Gasteiger partial charge in [0.05, 0.1) is 0 Å². The Kier molecular flexibility index (Phi) is 1.90. The summed E-state index contributed by atoms with van der Waals surface area (Å²) in [7, 11) is 0. The Morgan fingerprint density at radius 2 is 2.45 bits per heavy atom. The van der Waals surface area contributed by atoms with Crippen LogP contribution in [0.25, 0.3) is 0 Å². The number of alkyl halides is 1. The van der Waals surface area contributed by atoms with Crippen molar-refractivity contribution in [2.75, 3.05) is 0 Å².